The first-order chi connectivity index (χ1) is 8.87. The molecule has 2 rings (SSSR count). The van der Waals surface area contributed by atoms with Crippen LogP contribution >= 0.6 is 0 Å². The zero-order valence-corrected chi connectivity index (χ0v) is 11.6. The number of amides is 2. The normalized spacial score (nSPS) is 22.7. The maximum Gasteiger partial charge on any atom is 0.310 e. The van der Waals surface area contributed by atoms with E-state index in [1.807, 2.05) is 32.9 Å². The van der Waals surface area contributed by atoms with Gasteiger partial charge in [-0.3, -0.25) is 9.59 Å². The fourth-order valence-electron chi connectivity index (χ4n) is 2.45. The van der Waals surface area contributed by atoms with Gasteiger partial charge in [-0.05, 0) is 49.6 Å². The van der Waals surface area contributed by atoms with Gasteiger partial charge in [-0.15, -0.1) is 0 Å². The minimum Gasteiger partial charge on any atom is -0.496 e. The van der Waals surface area contributed by atoms with Crippen molar-refractivity contribution < 1.29 is 14.3 Å². The minimum atomic E-state index is -0.597. The molecule has 1 fully saturated rings. The van der Waals surface area contributed by atoms with Crippen LogP contribution in [0.25, 0.3) is 0 Å². The summed E-state index contributed by atoms with van der Waals surface area (Å²) in [5.74, 6) is -0.335. The summed E-state index contributed by atoms with van der Waals surface area (Å²) in [6, 6.07) is 3.95. The quantitative estimate of drug-likeness (QED) is 0.774. The van der Waals surface area contributed by atoms with Gasteiger partial charge in [0.25, 0.3) is 0 Å². The van der Waals surface area contributed by atoms with Crippen LogP contribution in [0.1, 0.15) is 23.6 Å². The number of rotatable bonds is 2. The predicted octanol–water partition coefficient (Wildman–Crippen LogP) is 0.773. The van der Waals surface area contributed by atoms with Gasteiger partial charge in [0.15, 0.2) is 0 Å². The van der Waals surface area contributed by atoms with Crippen LogP contribution in [-0.4, -0.2) is 25.5 Å². The van der Waals surface area contributed by atoms with Gasteiger partial charge in [-0.1, -0.05) is 0 Å². The maximum atomic E-state index is 11.5. The zero-order valence-electron chi connectivity index (χ0n) is 11.6. The zero-order chi connectivity index (χ0) is 14.2. The Bertz CT molecular complexity index is 531. The number of ether oxygens (including phenoxy) is 1. The van der Waals surface area contributed by atoms with Crippen molar-refractivity contribution in [2.75, 3.05) is 13.7 Å². The number of carbonyl (C=O) groups is 2. The van der Waals surface area contributed by atoms with E-state index in [0.717, 1.165) is 22.4 Å². The van der Waals surface area contributed by atoms with Crippen LogP contribution in [0.2, 0.25) is 0 Å². The van der Waals surface area contributed by atoms with Crippen molar-refractivity contribution in [3.63, 3.8) is 0 Å². The highest BCUT2D eigenvalue weighted by atomic mass is 16.5. The number of piperazine rings is 1. The lowest BCUT2D eigenvalue weighted by atomic mass is 9.87. The van der Waals surface area contributed by atoms with E-state index in [0.29, 0.717) is 6.54 Å². The SMILES string of the molecule is COc1c(C)cc(C2(C)CNC(=O)C(=O)N2)cc1C. The van der Waals surface area contributed by atoms with Crippen molar-refractivity contribution in [2.24, 2.45) is 0 Å². The van der Waals surface area contributed by atoms with E-state index in [-0.39, 0.29) is 0 Å². The Morgan fingerprint density at radius 2 is 1.74 bits per heavy atom. The molecule has 0 aromatic heterocycles. The Balaban J connectivity index is 2.42. The molecule has 1 unspecified atom stereocenters. The number of hydrogen-bond donors (Lipinski definition) is 2. The fourth-order valence-corrected chi connectivity index (χ4v) is 2.45. The van der Waals surface area contributed by atoms with E-state index in [4.69, 9.17) is 4.74 Å². The number of hydrogen-bond acceptors (Lipinski definition) is 3. The summed E-state index contributed by atoms with van der Waals surface area (Å²) in [5, 5.41) is 5.37. The van der Waals surface area contributed by atoms with Gasteiger partial charge < -0.3 is 15.4 Å². The van der Waals surface area contributed by atoms with E-state index in [1.165, 1.54) is 0 Å². The first-order valence-corrected chi connectivity index (χ1v) is 6.13. The molecule has 2 amide bonds. The second kappa shape index (κ2) is 4.57. The molecule has 1 aromatic rings. The minimum absolute atomic E-state index is 0.378. The van der Waals surface area contributed by atoms with Crippen LogP contribution in [0, 0.1) is 13.8 Å². The third kappa shape index (κ3) is 2.28. The van der Waals surface area contributed by atoms with Crippen LogP contribution in [0.4, 0.5) is 0 Å². The summed E-state index contributed by atoms with van der Waals surface area (Å²) < 4.78 is 5.33. The van der Waals surface area contributed by atoms with Crippen LogP contribution in [0.3, 0.4) is 0 Å². The Kier molecular flexibility index (Phi) is 3.22. The molecule has 102 valence electrons. The molecule has 1 aromatic carbocycles. The standard InChI is InChI=1S/C14H18N2O3/c1-8-5-10(6-9(2)11(8)19-4)14(3)7-15-12(17)13(18)16-14/h5-6H,7H2,1-4H3,(H,15,17)(H,16,18). The fraction of sp³-hybridized carbons (Fsp3) is 0.429. The highest BCUT2D eigenvalue weighted by Crippen LogP contribution is 2.30. The highest BCUT2D eigenvalue weighted by molar-refractivity contribution is 6.35. The lowest BCUT2D eigenvalue weighted by Gasteiger charge is -2.35. The van der Waals surface area contributed by atoms with E-state index in [9.17, 15) is 9.59 Å². The molecule has 19 heavy (non-hydrogen) atoms. The molecule has 1 saturated heterocycles. The van der Waals surface area contributed by atoms with Gasteiger partial charge in [0.2, 0.25) is 0 Å². The molecule has 0 aliphatic carbocycles. The molecule has 5 heteroatoms. The largest absolute Gasteiger partial charge is 0.496 e. The molecule has 5 nitrogen and oxygen atoms in total. The number of aryl methyl sites for hydroxylation is 2. The van der Waals surface area contributed by atoms with Crippen molar-refractivity contribution in [1.82, 2.24) is 10.6 Å². The molecular formula is C14H18N2O3. The third-order valence-electron chi connectivity index (χ3n) is 3.50. The summed E-state index contributed by atoms with van der Waals surface area (Å²) in [4.78, 5) is 22.7. The number of benzene rings is 1. The van der Waals surface area contributed by atoms with Gasteiger partial charge >= 0.3 is 11.8 Å². The van der Waals surface area contributed by atoms with Crippen LogP contribution in [0.15, 0.2) is 12.1 Å². The average molecular weight is 262 g/mol. The lowest BCUT2D eigenvalue weighted by Crippen LogP contribution is -2.60. The van der Waals surface area contributed by atoms with Gasteiger partial charge in [-0.25, -0.2) is 0 Å². The highest BCUT2D eigenvalue weighted by Gasteiger charge is 2.36. The second-order valence-electron chi connectivity index (χ2n) is 5.11. The lowest BCUT2D eigenvalue weighted by molar-refractivity contribution is -0.142. The van der Waals surface area contributed by atoms with E-state index < -0.39 is 17.4 Å². The Morgan fingerprint density at radius 3 is 2.21 bits per heavy atom. The van der Waals surface area contributed by atoms with Crippen molar-refractivity contribution in [3.8, 4) is 5.75 Å². The number of carbonyl (C=O) groups excluding carboxylic acids is 2. The molecule has 1 atom stereocenters. The molecule has 1 aliphatic heterocycles. The molecule has 0 saturated carbocycles. The van der Waals surface area contributed by atoms with E-state index in [2.05, 4.69) is 10.6 Å². The summed E-state index contributed by atoms with van der Waals surface area (Å²) in [6.07, 6.45) is 0. The molecule has 0 bridgehead atoms. The average Bonchev–Trinajstić information content (AvgIpc) is 2.34. The molecule has 1 aliphatic rings. The molecule has 0 spiro atoms. The van der Waals surface area contributed by atoms with E-state index in [1.54, 1.807) is 7.11 Å². The maximum absolute atomic E-state index is 11.5. The van der Waals surface area contributed by atoms with Crippen LogP contribution < -0.4 is 15.4 Å². The summed E-state index contributed by atoms with van der Waals surface area (Å²) in [5.41, 5.74) is 2.37. The van der Waals surface area contributed by atoms with Gasteiger partial charge in [0, 0.05) is 6.54 Å². The summed E-state index contributed by atoms with van der Waals surface area (Å²) >= 11 is 0. The smallest absolute Gasteiger partial charge is 0.310 e. The monoisotopic (exact) mass is 262 g/mol. The van der Waals surface area contributed by atoms with Crippen molar-refractivity contribution in [1.29, 1.82) is 0 Å². The predicted molar refractivity (Wildman–Crippen MR) is 71.0 cm³/mol. The molecule has 1 heterocycles. The van der Waals surface area contributed by atoms with Crippen molar-refractivity contribution in [2.45, 2.75) is 26.3 Å². The summed E-state index contributed by atoms with van der Waals surface area (Å²) in [7, 11) is 1.64. The Hall–Kier alpha value is -2.04. The van der Waals surface area contributed by atoms with Crippen molar-refractivity contribution >= 4 is 11.8 Å². The number of nitrogens with one attached hydrogen (secondary N) is 2. The Morgan fingerprint density at radius 1 is 1.16 bits per heavy atom. The topological polar surface area (TPSA) is 67.4 Å². The Labute approximate surface area is 112 Å². The second-order valence-corrected chi connectivity index (χ2v) is 5.11. The van der Waals surface area contributed by atoms with E-state index >= 15 is 0 Å². The van der Waals surface area contributed by atoms with Gasteiger partial charge in [-0.2, -0.15) is 0 Å². The first kappa shape index (κ1) is 13.4. The molecule has 0 radical (unpaired) electrons. The first-order valence-electron chi connectivity index (χ1n) is 6.13. The molecule has 2 N–H and O–H groups in total. The third-order valence-corrected chi connectivity index (χ3v) is 3.50. The van der Waals surface area contributed by atoms with Gasteiger partial charge in [0.05, 0.1) is 12.6 Å². The molecular weight excluding hydrogens is 244 g/mol. The summed E-state index contributed by atoms with van der Waals surface area (Å²) in [6.45, 7) is 6.19. The number of methoxy groups -OCH3 is 1. The van der Waals surface area contributed by atoms with Crippen molar-refractivity contribution in [3.05, 3.63) is 28.8 Å². The van der Waals surface area contributed by atoms with Crippen LogP contribution in [0.5, 0.6) is 5.75 Å². The van der Waals surface area contributed by atoms with Crippen LogP contribution in [-0.2, 0) is 15.1 Å². The van der Waals surface area contributed by atoms with Gasteiger partial charge in [0.1, 0.15) is 5.75 Å².